The summed E-state index contributed by atoms with van der Waals surface area (Å²) in [4.78, 5) is 2.60. The lowest BCUT2D eigenvalue weighted by Gasteiger charge is -2.38. The summed E-state index contributed by atoms with van der Waals surface area (Å²) in [6, 6.07) is 19.6. The molecule has 1 fully saturated rings. The van der Waals surface area contributed by atoms with E-state index in [1.165, 1.54) is 0 Å². The number of likely N-dealkylation sites (tertiary alicyclic amines) is 1. The Bertz CT molecular complexity index is 1040. The highest BCUT2D eigenvalue weighted by Crippen LogP contribution is 2.32. The second kappa shape index (κ2) is 8.93. The third-order valence-electron chi connectivity index (χ3n) is 5.46. The summed E-state index contributed by atoms with van der Waals surface area (Å²) in [6.07, 6.45) is 3.16. The molecule has 1 aliphatic heterocycles. The van der Waals surface area contributed by atoms with Gasteiger partial charge in [-0.1, -0.05) is 24.3 Å². The van der Waals surface area contributed by atoms with E-state index in [1.54, 1.807) is 48.0 Å². The summed E-state index contributed by atoms with van der Waals surface area (Å²) in [5, 5.41) is 0. The van der Waals surface area contributed by atoms with Crippen molar-refractivity contribution in [1.82, 2.24) is 4.90 Å². The van der Waals surface area contributed by atoms with Gasteiger partial charge in [-0.05, 0) is 49.2 Å². The molecule has 158 valence electrons. The number of anilines is 1. The molecule has 6 nitrogen and oxygen atoms in total. The number of sulfonamides is 1. The van der Waals surface area contributed by atoms with Crippen LogP contribution in [0.1, 0.15) is 18.6 Å². The minimum atomic E-state index is -3.71. The summed E-state index contributed by atoms with van der Waals surface area (Å²) < 4.78 is 39.6. The first-order valence-electron chi connectivity index (χ1n) is 10.1. The van der Waals surface area contributed by atoms with Crippen LogP contribution in [0.5, 0.6) is 5.75 Å². The Morgan fingerprint density at radius 2 is 1.80 bits per heavy atom. The fourth-order valence-electron chi connectivity index (χ4n) is 3.93. The highest BCUT2D eigenvalue weighted by atomic mass is 32.2. The van der Waals surface area contributed by atoms with Gasteiger partial charge in [0, 0.05) is 25.2 Å². The van der Waals surface area contributed by atoms with Gasteiger partial charge in [0.1, 0.15) is 11.5 Å². The molecular formula is C23H26N2O4S. The summed E-state index contributed by atoms with van der Waals surface area (Å²) >= 11 is 0. The highest BCUT2D eigenvalue weighted by Gasteiger charge is 2.34. The molecule has 7 heteroatoms. The van der Waals surface area contributed by atoms with Crippen LogP contribution in [-0.4, -0.2) is 39.6 Å². The molecule has 2 aromatic carbocycles. The summed E-state index contributed by atoms with van der Waals surface area (Å²) in [6.45, 7) is 2.34. The van der Waals surface area contributed by atoms with Crippen molar-refractivity contribution in [2.24, 2.45) is 0 Å². The van der Waals surface area contributed by atoms with Crippen molar-refractivity contribution in [3.8, 4) is 5.75 Å². The molecule has 30 heavy (non-hydrogen) atoms. The quantitative estimate of drug-likeness (QED) is 0.568. The van der Waals surface area contributed by atoms with E-state index in [4.69, 9.17) is 9.15 Å². The molecule has 0 unspecified atom stereocenters. The van der Waals surface area contributed by atoms with E-state index in [0.29, 0.717) is 16.3 Å². The van der Waals surface area contributed by atoms with Gasteiger partial charge in [-0.3, -0.25) is 9.21 Å². The molecule has 0 radical (unpaired) electrons. The molecule has 0 atom stereocenters. The smallest absolute Gasteiger partial charge is 0.264 e. The lowest BCUT2D eigenvalue weighted by atomic mass is 10.0. The maximum Gasteiger partial charge on any atom is 0.264 e. The van der Waals surface area contributed by atoms with E-state index < -0.39 is 10.0 Å². The van der Waals surface area contributed by atoms with Crippen LogP contribution in [0.25, 0.3) is 0 Å². The SMILES string of the molecule is COc1cccc(N(C2CCN(Cc3ccco3)CC2)S(=O)(=O)c2ccccc2)c1. The van der Waals surface area contributed by atoms with Crippen molar-refractivity contribution in [2.45, 2.75) is 30.3 Å². The van der Waals surface area contributed by atoms with Crippen molar-refractivity contribution in [1.29, 1.82) is 0 Å². The third kappa shape index (κ3) is 4.37. The van der Waals surface area contributed by atoms with Crippen molar-refractivity contribution >= 4 is 15.7 Å². The topological polar surface area (TPSA) is 63.0 Å². The standard InChI is InChI=1S/C23H26N2O4S/c1-28-21-8-5-7-20(17-21)25(30(26,27)23-10-3-2-4-11-23)19-12-14-24(15-13-19)18-22-9-6-16-29-22/h2-11,16-17,19H,12-15,18H2,1H3. The van der Waals surface area contributed by atoms with Gasteiger partial charge in [0.15, 0.2) is 0 Å². The first-order valence-corrected chi connectivity index (χ1v) is 11.5. The van der Waals surface area contributed by atoms with Crippen molar-refractivity contribution in [3.63, 3.8) is 0 Å². The molecular weight excluding hydrogens is 400 g/mol. The lowest BCUT2D eigenvalue weighted by molar-refractivity contribution is 0.193. The van der Waals surface area contributed by atoms with E-state index in [1.807, 2.05) is 36.4 Å². The molecule has 0 bridgehead atoms. The van der Waals surface area contributed by atoms with Crippen molar-refractivity contribution < 1.29 is 17.6 Å². The minimum Gasteiger partial charge on any atom is -0.497 e. The molecule has 0 N–H and O–H groups in total. The number of piperidine rings is 1. The van der Waals surface area contributed by atoms with Crippen LogP contribution >= 0.6 is 0 Å². The predicted octanol–water partition coefficient (Wildman–Crippen LogP) is 4.15. The number of hydrogen-bond donors (Lipinski definition) is 0. The van der Waals surface area contributed by atoms with Crippen LogP contribution in [-0.2, 0) is 16.6 Å². The average Bonchev–Trinajstić information content (AvgIpc) is 3.29. The monoisotopic (exact) mass is 426 g/mol. The first kappa shape index (κ1) is 20.5. The fourth-order valence-corrected chi connectivity index (χ4v) is 5.66. The van der Waals surface area contributed by atoms with E-state index >= 15 is 0 Å². The average molecular weight is 427 g/mol. The van der Waals surface area contributed by atoms with Gasteiger partial charge in [-0.2, -0.15) is 0 Å². The van der Waals surface area contributed by atoms with E-state index in [0.717, 1.165) is 38.2 Å². The van der Waals surface area contributed by atoms with E-state index in [9.17, 15) is 8.42 Å². The largest absolute Gasteiger partial charge is 0.497 e. The van der Waals surface area contributed by atoms with Crippen molar-refractivity contribution in [3.05, 3.63) is 78.8 Å². The second-order valence-electron chi connectivity index (χ2n) is 7.40. The third-order valence-corrected chi connectivity index (χ3v) is 7.35. The fraction of sp³-hybridized carbons (Fsp3) is 0.304. The number of nitrogens with zero attached hydrogens (tertiary/aromatic N) is 2. The van der Waals surface area contributed by atoms with Crippen LogP contribution in [0.3, 0.4) is 0 Å². The van der Waals surface area contributed by atoms with Crippen LogP contribution in [0.2, 0.25) is 0 Å². The highest BCUT2D eigenvalue weighted by molar-refractivity contribution is 7.92. The number of hydrogen-bond acceptors (Lipinski definition) is 5. The zero-order valence-corrected chi connectivity index (χ0v) is 17.8. The maximum atomic E-state index is 13.6. The molecule has 0 aliphatic carbocycles. The summed E-state index contributed by atoms with van der Waals surface area (Å²) in [7, 11) is -2.12. The molecule has 2 heterocycles. The molecule has 0 amide bonds. The zero-order valence-electron chi connectivity index (χ0n) is 17.0. The Balaban J connectivity index is 1.61. The molecule has 3 aromatic rings. The molecule has 4 rings (SSSR count). The van der Waals surface area contributed by atoms with Gasteiger partial charge in [0.25, 0.3) is 10.0 Å². The Morgan fingerprint density at radius 1 is 1.03 bits per heavy atom. The van der Waals surface area contributed by atoms with Gasteiger partial charge >= 0.3 is 0 Å². The molecule has 1 aliphatic rings. The predicted molar refractivity (Wildman–Crippen MR) is 116 cm³/mol. The maximum absolute atomic E-state index is 13.6. The molecule has 1 aromatic heterocycles. The Labute approximate surface area is 177 Å². The Morgan fingerprint density at radius 3 is 2.47 bits per heavy atom. The van der Waals surface area contributed by atoms with E-state index in [-0.39, 0.29) is 6.04 Å². The Hall–Kier alpha value is -2.77. The number of rotatable bonds is 7. The molecule has 1 saturated heterocycles. The number of benzene rings is 2. The summed E-state index contributed by atoms with van der Waals surface area (Å²) in [5.41, 5.74) is 0.627. The number of furan rings is 1. The molecule has 0 spiro atoms. The first-order chi connectivity index (χ1) is 14.6. The van der Waals surface area contributed by atoms with Gasteiger partial charge in [-0.25, -0.2) is 8.42 Å². The minimum absolute atomic E-state index is 0.129. The summed E-state index contributed by atoms with van der Waals surface area (Å²) in [5.74, 6) is 1.56. The van der Waals surface area contributed by atoms with Crippen molar-refractivity contribution in [2.75, 3.05) is 24.5 Å². The molecule has 0 saturated carbocycles. The number of ether oxygens (including phenoxy) is 1. The van der Waals surface area contributed by atoms with Gasteiger partial charge in [0.2, 0.25) is 0 Å². The van der Waals surface area contributed by atoms with Crippen LogP contribution in [0.15, 0.2) is 82.3 Å². The second-order valence-corrected chi connectivity index (χ2v) is 9.22. The van der Waals surface area contributed by atoms with Crippen LogP contribution in [0.4, 0.5) is 5.69 Å². The van der Waals surface area contributed by atoms with Gasteiger partial charge < -0.3 is 9.15 Å². The van der Waals surface area contributed by atoms with Crippen LogP contribution in [0, 0.1) is 0 Å². The Kier molecular flexibility index (Phi) is 6.11. The number of methoxy groups -OCH3 is 1. The zero-order chi connectivity index (χ0) is 21.0. The van der Waals surface area contributed by atoms with Gasteiger partial charge in [0.05, 0.1) is 30.5 Å². The van der Waals surface area contributed by atoms with Crippen LogP contribution < -0.4 is 9.04 Å². The van der Waals surface area contributed by atoms with E-state index in [2.05, 4.69) is 4.90 Å². The van der Waals surface area contributed by atoms with Gasteiger partial charge in [-0.15, -0.1) is 0 Å². The normalized spacial score (nSPS) is 15.8. The lowest BCUT2D eigenvalue weighted by Crippen LogP contribution is -2.47.